The molecule has 0 aromatic carbocycles. The maximum Gasteiger partial charge on any atom is 0.326 e. The number of carbonyl (C=O) groups is 6. The first-order chi connectivity index (χ1) is 16.6. The largest absolute Gasteiger partial charge is 0.480 e. The highest BCUT2D eigenvalue weighted by molar-refractivity contribution is 5.95. The highest BCUT2D eigenvalue weighted by Crippen LogP contribution is 2.07. The molecule has 204 valence electrons. The van der Waals surface area contributed by atoms with Gasteiger partial charge in [-0.3, -0.25) is 29.0 Å². The highest BCUT2D eigenvalue weighted by Gasteiger charge is 2.32. The Morgan fingerprint density at radius 2 is 1.39 bits per heavy atom. The summed E-state index contributed by atoms with van der Waals surface area (Å²) in [5.74, 6) is -5.99. The van der Waals surface area contributed by atoms with E-state index in [4.69, 9.17) is 28.7 Å². The fourth-order valence-electron chi connectivity index (χ4n) is 2.95. The normalized spacial score (nSPS) is 14.0. The third kappa shape index (κ3) is 13.1. The minimum atomic E-state index is -1.41. The molecule has 0 rings (SSSR count). The molecule has 0 aliphatic carbocycles. The van der Waals surface area contributed by atoms with E-state index in [0.717, 1.165) is 0 Å². The average molecular weight is 516 g/mol. The number of hydrogen-bond acceptors (Lipinski definition) is 8. The lowest BCUT2D eigenvalue weighted by Crippen LogP contribution is -2.58. The first kappa shape index (κ1) is 32.0. The maximum absolute atomic E-state index is 13.0. The summed E-state index contributed by atoms with van der Waals surface area (Å²) >= 11 is 0. The van der Waals surface area contributed by atoms with Gasteiger partial charge in [-0.25, -0.2) is 4.79 Å². The zero-order valence-corrected chi connectivity index (χ0v) is 20.4. The molecule has 16 nitrogen and oxygen atoms in total. The molecular weight excluding hydrogens is 478 g/mol. The first-order valence-corrected chi connectivity index (χ1v) is 11.2. The Morgan fingerprint density at radius 3 is 1.86 bits per heavy atom. The number of primary amides is 2. The third-order valence-corrected chi connectivity index (χ3v) is 4.88. The molecular formula is C20H37N9O7. The standard InChI is InChI=1S/C20H37N9O7/c1-9(2)15(18(34)28-12(19(35)36)5-6-13(22)30)29-17(33)11(4-3-7-26-20(24)25)27-16(32)10(21)8-14(23)31/h9-12,15H,3-8,21H2,1-2H3,(H2,22,30)(H2,23,31)(H,27,32)(H,28,34)(H,29,33)(H,35,36)(H4,24,25,26). The van der Waals surface area contributed by atoms with Crippen LogP contribution >= 0.6 is 0 Å². The Labute approximate surface area is 208 Å². The quantitative estimate of drug-likeness (QED) is 0.0509. The fourth-order valence-corrected chi connectivity index (χ4v) is 2.95. The lowest BCUT2D eigenvalue weighted by molar-refractivity contribution is -0.143. The van der Waals surface area contributed by atoms with Crippen molar-refractivity contribution in [3.05, 3.63) is 0 Å². The number of nitrogens with zero attached hydrogens (tertiary/aromatic N) is 1. The van der Waals surface area contributed by atoms with Gasteiger partial charge in [0, 0.05) is 13.0 Å². The van der Waals surface area contributed by atoms with Crippen LogP contribution in [0, 0.1) is 5.92 Å². The Balaban J connectivity index is 5.55. The van der Waals surface area contributed by atoms with Crippen LogP contribution in [0.4, 0.5) is 0 Å². The second-order valence-electron chi connectivity index (χ2n) is 8.42. The van der Waals surface area contributed by atoms with Gasteiger partial charge in [-0.05, 0) is 25.2 Å². The lowest BCUT2D eigenvalue weighted by Gasteiger charge is -2.27. The average Bonchev–Trinajstić information content (AvgIpc) is 2.75. The number of carboxylic acid groups (broad SMARTS) is 1. The second kappa shape index (κ2) is 15.9. The van der Waals surface area contributed by atoms with E-state index in [2.05, 4.69) is 20.9 Å². The molecule has 16 heteroatoms. The monoisotopic (exact) mass is 515 g/mol. The van der Waals surface area contributed by atoms with Crippen LogP contribution in [-0.4, -0.2) is 77.3 Å². The van der Waals surface area contributed by atoms with E-state index in [1.165, 1.54) is 0 Å². The predicted octanol–water partition coefficient (Wildman–Crippen LogP) is -4.30. The number of rotatable bonds is 17. The highest BCUT2D eigenvalue weighted by atomic mass is 16.4. The van der Waals surface area contributed by atoms with Gasteiger partial charge in [0.25, 0.3) is 0 Å². The van der Waals surface area contributed by atoms with Gasteiger partial charge < -0.3 is 49.7 Å². The van der Waals surface area contributed by atoms with Crippen molar-refractivity contribution in [1.82, 2.24) is 16.0 Å². The Kier molecular flexibility index (Phi) is 14.1. The van der Waals surface area contributed by atoms with Gasteiger partial charge in [0.15, 0.2) is 5.96 Å². The van der Waals surface area contributed by atoms with Crippen LogP contribution in [0.2, 0.25) is 0 Å². The predicted molar refractivity (Wildman–Crippen MR) is 128 cm³/mol. The van der Waals surface area contributed by atoms with Gasteiger partial charge in [-0.2, -0.15) is 0 Å². The fraction of sp³-hybridized carbons (Fsp3) is 0.650. The molecule has 0 heterocycles. The number of aliphatic imine (C=N–C) groups is 1. The van der Waals surface area contributed by atoms with Crippen LogP contribution < -0.4 is 44.6 Å². The molecule has 0 aliphatic heterocycles. The third-order valence-electron chi connectivity index (χ3n) is 4.88. The topological polar surface area (TPSA) is 301 Å². The molecule has 0 fully saturated rings. The smallest absolute Gasteiger partial charge is 0.326 e. The summed E-state index contributed by atoms with van der Waals surface area (Å²) in [6, 6.07) is -5.10. The Morgan fingerprint density at radius 1 is 0.806 bits per heavy atom. The van der Waals surface area contributed by atoms with Crippen molar-refractivity contribution in [1.29, 1.82) is 0 Å². The number of amides is 5. The number of guanidine groups is 1. The van der Waals surface area contributed by atoms with Crippen molar-refractivity contribution in [2.45, 2.75) is 70.1 Å². The molecule has 0 saturated heterocycles. The van der Waals surface area contributed by atoms with Gasteiger partial charge in [-0.1, -0.05) is 13.8 Å². The summed E-state index contributed by atoms with van der Waals surface area (Å²) in [6.45, 7) is 3.36. The van der Waals surface area contributed by atoms with Crippen LogP contribution in [-0.2, 0) is 28.8 Å². The van der Waals surface area contributed by atoms with Gasteiger partial charge in [-0.15, -0.1) is 0 Å². The first-order valence-electron chi connectivity index (χ1n) is 11.2. The number of carboxylic acids is 1. The minimum Gasteiger partial charge on any atom is -0.480 e. The number of carbonyl (C=O) groups excluding carboxylic acids is 5. The number of hydrogen-bond donors (Lipinski definition) is 9. The maximum atomic E-state index is 13.0. The minimum absolute atomic E-state index is 0.0421. The van der Waals surface area contributed by atoms with Gasteiger partial charge in [0.2, 0.25) is 29.5 Å². The molecule has 14 N–H and O–H groups in total. The van der Waals surface area contributed by atoms with Crippen molar-refractivity contribution < 1.29 is 33.9 Å². The lowest BCUT2D eigenvalue weighted by atomic mass is 10.0. The molecule has 0 aliphatic rings. The van der Waals surface area contributed by atoms with Crippen molar-refractivity contribution in [3.8, 4) is 0 Å². The van der Waals surface area contributed by atoms with E-state index in [1.807, 2.05) is 0 Å². The van der Waals surface area contributed by atoms with Crippen LogP contribution in [0.1, 0.15) is 46.0 Å². The van der Waals surface area contributed by atoms with Crippen LogP contribution in [0.15, 0.2) is 4.99 Å². The van der Waals surface area contributed by atoms with E-state index < -0.39 is 72.0 Å². The molecule has 0 aromatic rings. The molecule has 36 heavy (non-hydrogen) atoms. The number of aliphatic carboxylic acids is 1. The van der Waals surface area contributed by atoms with E-state index in [0.29, 0.717) is 0 Å². The van der Waals surface area contributed by atoms with Gasteiger partial charge in [0.05, 0.1) is 12.5 Å². The molecule has 0 aromatic heterocycles. The number of nitrogens with one attached hydrogen (secondary N) is 3. The summed E-state index contributed by atoms with van der Waals surface area (Å²) < 4.78 is 0. The van der Waals surface area contributed by atoms with Crippen LogP contribution in [0.5, 0.6) is 0 Å². The van der Waals surface area contributed by atoms with E-state index in [9.17, 15) is 33.9 Å². The van der Waals surface area contributed by atoms with Gasteiger partial charge in [0.1, 0.15) is 18.1 Å². The van der Waals surface area contributed by atoms with Crippen molar-refractivity contribution in [2.75, 3.05) is 6.54 Å². The molecule has 0 radical (unpaired) electrons. The molecule has 4 unspecified atom stereocenters. The molecule has 0 bridgehead atoms. The zero-order chi connectivity index (χ0) is 28.0. The van der Waals surface area contributed by atoms with E-state index in [1.54, 1.807) is 13.8 Å². The van der Waals surface area contributed by atoms with Crippen molar-refractivity contribution in [3.63, 3.8) is 0 Å². The number of nitrogens with two attached hydrogens (primary N) is 5. The Bertz CT molecular complexity index is 843. The second-order valence-corrected chi connectivity index (χ2v) is 8.42. The zero-order valence-electron chi connectivity index (χ0n) is 20.4. The summed E-state index contributed by atoms with van der Waals surface area (Å²) in [4.78, 5) is 75.4. The summed E-state index contributed by atoms with van der Waals surface area (Å²) in [5.41, 5.74) is 26.3. The van der Waals surface area contributed by atoms with Crippen molar-refractivity contribution in [2.24, 2.45) is 39.6 Å². The molecule has 4 atom stereocenters. The summed E-state index contributed by atoms with van der Waals surface area (Å²) in [5, 5.41) is 16.5. The van der Waals surface area contributed by atoms with Crippen LogP contribution in [0.3, 0.4) is 0 Å². The van der Waals surface area contributed by atoms with Gasteiger partial charge >= 0.3 is 5.97 Å². The Hall–Kier alpha value is -3.95. The molecule has 5 amide bonds. The van der Waals surface area contributed by atoms with Crippen LogP contribution in [0.25, 0.3) is 0 Å². The summed E-state index contributed by atoms with van der Waals surface area (Å²) in [6.07, 6.45) is -0.663. The van der Waals surface area contributed by atoms with Crippen molar-refractivity contribution >= 4 is 41.5 Å². The molecule has 0 saturated carbocycles. The molecule has 0 spiro atoms. The SMILES string of the molecule is CC(C)C(NC(=O)C(CCCN=C(N)N)NC(=O)C(N)CC(N)=O)C(=O)NC(CCC(N)=O)C(=O)O. The van der Waals surface area contributed by atoms with E-state index >= 15 is 0 Å². The van der Waals surface area contributed by atoms with E-state index in [-0.39, 0.29) is 38.2 Å². The summed E-state index contributed by atoms with van der Waals surface area (Å²) in [7, 11) is 0.